The third-order valence-corrected chi connectivity index (χ3v) is 4.95. The summed E-state index contributed by atoms with van der Waals surface area (Å²) in [6, 6.07) is 2.85. The van der Waals surface area contributed by atoms with Crippen LogP contribution in [0.1, 0.15) is 38.7 Å². The summed E-state index contributed by atoms with van der Waals surface area (Å²) in [7, 11) is 0. The molecule has 122 valence electrons. The number of rotatable bonds is 6. The standard InChI is InChI=1S/C15H21FN2O3S/c1-3-5-10(4-2)6-11-7-12(16)15(13(19)8-11)18-9-14(20)17-22(18)21/h7-8,10,19H,3-6,9H2,1-2H3,(H,17,20). The van der Waals surface area contributed by atoms with Crippen molar-refractivity contribution in [3.8, 4) is 5.75 Å². The fourth-order valence-corrected chi connectivity index (χ4v) is 3.68. The van der Waals surface area contributed by atoms with E-state index in [9.17, 15) is 18.5 Å². The molecule has 0 saturated carbocycles. The van der Waals surface area contributed by atoms with Crippen molar-refractivity contribution in [1.29, 1.82) is 0 Å². The lowest BCUT2D eigenvalue weighted by Gasteiger charge is -2.18. The number of hydrogen-bond acceptors (Lipinski definition) is 3. The second-order valence-corrected chi connectivity index (χ2v) is 6.67. The number of amides is 1. The van der Waals surface area contributed by atoms with Crippen LogP contribution in [0.2, 0.25) is 0 Å². The van der Waals surface area contributed by atoms with Crippen LogP contribution in [-0.4, -0.2) is 21.8 Å². The summed E-state index contributed by atoms with van der Waals surface area (Å²) in [5.41, 5.74) is 0.521. The topological polar surface area (TPSA) is 69.6 Å². The monoisotopic (exact) mass is 328 g/mol. The Morgan fingerprint density at radius 2 is 2.18 bits per heavy atom. The highest BCUT2D eigenvalue weighted by molar-refractivity contribution is 7.85. The third-order valence-electron chi connectivity index (χ3n) is 3.84. The van der Waals surface area contributed by atoms with E-state index in [-0.39, 0.29) is 18.0 Å². The van der Waals surface area contributed by atoms with Gasteiger partial charge in [0.2, 0.25) is 11.2 Å². The molecule has 1 aromatic carbocycles. The number of benzene rings is 1. The largest absolute Gasteiger partial charge is 0.506 e. The van der Waals surface area contributed by atoms with Gasteiger partial charge in [0.25, 0.3) is 5.91 Å². The second-order valence-electron chi connectivity index (χ2n) is 5.52. The van der Waals surface area contributed by atoms with Crippen molar-refractivity contribution in [1.82, 2.24) is 4.72 Å². The molecular weight excluding hydrogens is 307 g/mol. The highest BCUT2D eigenvalue weighted by atomic mass is 32.2. The summed E-state index contributed by atoms with van der Waals surface area (Å²) in [5.74, 6) is -0.966. The minimum absolute atomic E-state index is 0.191. The predicted molar refractivity (Wildman–Crippen MR) is 84.1 cm³/mol. The molecule has 1 aliphatic heterocycles. The number of nitrogens with zero attached hydrogens (tertiary/aromatic N) is 1. The van der Waals surface area contributed by atoms with Gasteiger partial charge in [-0.1, -0.05) is 33.1 Å². The lowest BCUT2D eigenvalue weighted by atomic mass is 9.92. The van der Waals surface area contributed by atoms with Crippen LogP contribution < -0.4 is 9.03 Å². The molecule has 7 heteroatoms. The first kappa shape index (κ1) is 16.7. The summed E-state index contributed by atoms with van der Waals surface area (Å²) in [6.45, 7) is 3.97. The van der Waals surface area contributed by atoms with Crippen LogP contribution in [0.5, 0.6) is 5.75 Å². The van der Waals surface area contributed by atoms with Gasteiger partial charge in [0.05, 0.1) is 0 Å². The van der Waals surface area contributed by atoms with Gasteiger partial charge in [0.1, 0.15) is 18.0 Å². The van der Waals surface area contributed by atoms with Crippen LogP contribution in [0.15, 0.2) is 12.1 Å². The average Bonchev–Trinajstić information content (AvgIpc) is 2.76. The highest BCUT2D eigenvalue weighted by Crippen LogP contribution is 2.34. The Morgan fingerprint density at radius 3 is 2.68 bits per heavy atom. The molecule has 2 atom stereocenters. The van der Waals surface area contributed by atoms with E-state index >= 15 is 0 Å². The third kappa shape index (κ3) is 3.58. The summed E-state index contributed by atoms with van der Waals surface area (Å²) in [6.07, 6.45) is 3.79. The summed E-state index contributed by atoms with van der Waals surface area (Å²) < 4.78 is 29.2. The maximum atomic E-state index is 14.3. The van der Waals surface area contributed by atoms with Crippen LogP contribution >= 0.6 is 0 Å². The number of phenols is 1. The lowest BCUT2D eigenvalue weighted by Crippen LogP contribution is -2.23. The van der Waals surface area contributed by atoms with Crippen molar-refractivity contribution < 1.29 is 18.5 Å². The number of carbonyl (C=O) groups is 1. The molecule has 0 radical (unpaired) electrons. The van der Waals surface area contributed by atoms with Gasteiger partial charge in [-0.25, -0.2) is 8.60 Å². The molecule has 2 rings (SSSR count). The van der Waals surface area contributed by atoms with E-state index in [4.69, 9.17) is 0 Å². The van der Waals surface area contributed by atoms with E-state index < -0.39 is 22.9 Å². The molecule has 0 spiro atoms. The molecule has 0 aromatic heterocycles. The number of hydrogen-bond donors (Lipinski definition) is 2. The Bertz CT molecular complexity index is 571. The van der Waals surface area contributed by atoms with Crippen molar-refractivity contribution in [2.45, 2.75) is 39.5 Å². The van der Waals surface area contributed by atoms with Crippen molar-refractivity contribution >= 4 is 22.8 Å². The van der Waals surface area contributed by atoms with Gasteiger partial charge in [-0.15, -0.1) is 0 Å². The van der Waals surface area contributed by atoms with E-state index in [0.717, 1.165) is 23.6 Å². The molecule has 1 saturated heterocycles. The zero-order chi connectivity index (χ0) is 16.3. The number of nitrogens with one attached hydrogen (secondary N) is 1. The van der Waals surface area contributed by atoms with Gasteiger partial charge in [0, 0.05) is 0 Å². The first-order valence-corrected chi connectivity index (χ1v) is 8.57. The van der Waals surface area contributed by atoms with Crippen molar-refractivity contribution in [3.05, 3.63) is 23.5 Å². The van der Waals surface area contributed by atoms with Crippen LogP contribution in [-0.2, 0) is 22.4 Å². The fourth-order valence-electron chi connectivity index (χ4n) is 2.73. The maximum absolute atomic E-state index is 14.3. The minimum atomic E-state index is -1.85. The first-order valence-electron chi connectivity index (χ1n) is 7.46. The van der Waals surface area contributed by atoms with Crippen molar-refractivity contribution in [3.63, 3.8) is 0 Å². The Morgan fingerprint density at radius 1 is 1.45 bits per heavy atom. The quantitative estimate of drug-likeness (QED) is 0.842. The molecule has 5 nitrogen and oxygen atoms in total. The van der Waals surface area contributed by atoms with Gasteiger partial charge >= 0.3 is 0 Å². The van der Waals surface area contributed by atoms with Crippen LogP contribution in [0.3, 0.4) is 0 Å². The number of carbonyl (C=O) groups excluding carboxylic acids is 1. The molecule has 1 aromatic rings. The van der Waals surface area contributed by atoms with Gasteiger partial charge in [0.15, 0.2) is 5.82 Å². The predicted octanol–water partition coefficient (Wildman–Crippen LogP) is 2.42. The molecule has 1 amide bonds. The molecule has 22 heavy (non-hydrogen) atoms. The SMILES string of the molecule is CCCC(CC)Cc1cc(O)c(N2CC(=O)NS2=O)c(F)c1. The van der Waals surface area contributed by atoms with Crippen LogP contribution in [0, 0.1) is 11.7 Å². The molecule has 2 N–H and O–H groups in total. The maximum Gasteiger partial charge on any atom is 0.253 e. The minimum Gasteiger partial charge on any atom is -0.506 e. The lowest BCUT2D eigenvalue weighted by molar-refractivity contribution is -0.117. The first-order chi connectivity index (χ1) is 10.5. The summed E-state index contributed by atoms with van der Waals surface area (Å²) >= 11 is -1.85. The van der Waals surface area contributed by atoms with Gasteiger partial charge in [-0.2, -0.15) is 0 Å². The average molecular weight is 328 g/mol. The summed E-state index contributed by atoms with van der Waals surface area (Å²) in [4.78, 5) is 11.2. The Labute approximate surface area is 132 Å². The van der Waals surface area contributed by atoms with Crippen molar-refractivity contribution in [2.75, 3.05) is 10.8 Å². The normalized spacial score (nSPS) is 19.3. The van der Waals surface area contributed by atoms with Crippen LogP contribution in [0.4, 0.5) is 10.1 Å². The zero-order valence-electron chi connectivity index (χ0n) is 12.8. The Balaban J connectivity index is 2.25. The van der Waals surface area contributed by atoms with Gasteiger partial charge in [-0.3, -0.25) is 13.8 Å². The van der Waals surface area contributed by atoms with E-state index in [2.05, 4.69) is 18.6 Å². The molecular formula is C15H21FN2O3S. The van der Waals surface area contributed by atoms with Gasteiger partial charge in [-0.05, 0) is 30.0 Å². The van der Waals surface area contributed by atoms with Gasteiger partial charge < -0.3 is 5.11 Å². The number of anilines is 1. The number of phenolic OH excluding ortho intramolecular Hbond substituents is 1. The summed E-state index contributed by atoms with van der Waals surface area (Å²) in [5, 5.41) is 10.1. The Hall–Kier alpha value is -1.63. The highest BCUT2D eigenvalue weighted by Gasteiger charge is 2.31. The number of halogens is 1. The molecule has 1 aliphatic rings. The van der Waals surface area contributed by atoms with E-state index in [1.54, 1.807) is 0 Å². The van der Waals surface area contributed by atoms with Crippen LogP contribution in [0.25, 0.3) is 0 Å². The zero-order valence-corrected chi connectivity index (χ0v) is 13.6. The molecule has 0 bridgehead atoms. The molecule has 0 aliphatic carbocycles. The second kappa shape index (κ2) is 7.09. The van der Waals surface area contributed by atoms with E-state index in [1.807, 2.05) is 0 Å². The fraction of sp³-hybridized carbons (Fsp3) is 0.533. The van der Waals surface area contributed by atoms with Crippen molar-refractivity contribution in [2.24, 2.45) is 5.92 Å². The number of aromatic hydroxyl groups is 1. The Kier molecular flexibility index (Phi) is 5.39. The smallest absolute Gasteiger partial charge is 0.253 e. The van der Waals surface area contributed by atoms with E-state index in [0.29, 0.717) is 17.9 Å². The molecule has 1 heterocycles. The molecule has 1 fully saturated rings. The van der Waals surface area contributed by atoms with E-state index in [1.165, 1.54) is 12.1 Å². The molecule has 2 unspecified atom stereocenters.